The van der Waals surface area contributed by atoms with Crippen LogP contribution in [0.4, 0.5) is 0 Å². The zero-order valence-electron chi connectivity index (χ0n) is 8.45. The first-order valence-electron chi connectivity index (χ1n) is 5.39. The minimum Gasteiger partial charge on any atom is -0.341 e. The van der Waals surface area contributed by atoms with Gasteiger partial charge in [-0.1, -0.05) is 12.2 Å². The van der Waals surface area contributed by atoms with Crippen molar-refractivity contribution in [3.63, 3.8) is 0 Å². The molecule has 0 saturated carbocycles. The van der Waals surface area contributed by atoms with Crippen molar-refractivity contribution in [2.45, 2.75) is 19.3 Å². The number of nitrogens with zero attached hydrogens (tertiary/aromatic N) is 1. The van der Waals surface area contributed by atoms with Gasteiger partial charge in [0, 0.05) is 30.5 Å². The molecule has 1 heterocycles. The number of hydrogen-bond donors (Lipinski definition) is 0. The van der Waals surface area contributed by atoms with Crippen LogP contribution in [0.3, 0.4) is 0 Å². The Kier molecular flexibility index (Phi) is 3.51. The van der Waals surface area contributed by atoms with E-state index in [2.05, 4.69) is 17.1 Å². The maximum absolute atomic E-state index is 12.0. The van der Waals surface area contributed by atoms with Gasteiger partial charge in [-0.2, -0.15) is 11.8 Å². The predicted octanol–water partition coefficient (Wildman–Crippen LogP) is 1.92. The SMILES string of the molecule is O=C([C@H]1CC=CCC1)N1CCSCC1. The summed E-state index contributed by atoms with van der Waals surface area (Å²) in [6.07, 6.45) is 7.45. The molecule has 1 amide bonds. The Morgan fingerprint density at radius 3 is 2.71 bits per heavy atom. The third kappa shape index (κ3) is 2.32. The van der Waals surface area contributed by atoms with Gasteiger partial charge in [-0.05, 0) is 19.3 Å². The van der Waals surface area contributed by atoms with Gasteiger partial charge >= 0.3 is 0 Å². The maximum atomic E-state index is 12.0. The second-order valence-electron chi connectivity index (χ2n) is 3.92. The largest absolute Gasteiger partial charge is 0.341 e. The van der Waals surface area contributed by atoms with Crippen LogP contribution in [0, 0.1) is 5.92 Å². The van der Waals surface area contributed by atoms with E-state index >= 15 is 0 Å². The lowest BCUT2D eigenvalue weighted by Crippen LogP contribution is -2.41. The van der Waals surface area contributed by atoms with Crippen LogP contribution in [0.2, 0.25) is 0 Å². The van der Waals surface area contributed by atoms with Gasteiger partial charge in [-0.25, -0.2) is 0 Å². The third-order valence-electron chi connectivity index (χ3n) is 2.94. The summed E-state index contributed by atoms with van der Waals surface area (Å²) in [5.41, 5.74) is 0. The molecule has 2 nitrogen and oxygen atoms in total. The number of rotatable bonds is 1. The second-order valence-corrected chi connectivity index (χ2v) is 5.14. The van der Waals surface area contributed by atoms with E-state index < -0.39 is 0 Å². The molecule has 0 aromatic heterocycles. The van der Waals surface area contributed by atoms with Crippen LogP contribution < -0.4 is 0 Å². The fourth-order valence-corrected chi connectivity index (χ4v) is 2.96. The van der Waals surface area contributed by atoms with Crippen molar-refractivity contribution in [2.75, 3.05) is 24.6 Å². The Morgan fingerprint density at radius 1 is 1.29 bits per heavy atom. The molecule has 0 spiro atoms. The zero-order valence-corrected chi connectivity index (χ0v) is 9.26. The van der Waals surface area contributed by atoms with Crippen molar-refractivity contribution in [1.82, 2.24) is 4.90 Å². The number of hydrogen-bond acceptors (Lipinski definition) is 2. The molecule has 1 saturated heterocycles. The summed E-state index contributed by atoms with van der Waals surface area (Å²) in [6, 6.07) is 0. The minimum atomic E-state index is 0.281. The minimum absolute atomic E-state index is 0.281. The molecule has 0 bridgehead atoms. The lowest BCUT2D eigenvalue weighted by molar-refractivity contribution is -0.135. The van der Waals surface area contributed by atoms with Gasteiger partial charge in [-0.15, -0.1) is 0 Å². The van der Waals surface area contributed by atoms with E-state index in [1.165, 1.54) is 0 Å². The van der Waals surface area contributed by atoms with Crippen molar-refractivity contribution in [1.29, 1.82) is 0 Å². The Balaban J connectivity index is 1.89. The molecule has 3 heteroatoms. The number of carbonyl (C=O) groups excluding carboxylic acids is 1. The van der Waals surface area contributed by atoms with Gasteiger partial charge in [0.1, 0.15) is 0 Å². The highest BCUT2D eigenvalue weighted by Gasteiger charge is 2.25. The number of allylic oxidation sites excluding steroid dienone is 2. The topological polar surface area (TPSA) is 20.3 Å². The highest BCUT2D eigenvalue weighted by Crippen LogP contribution is 2.22. The Hall–Kier alpha value is -0.440. The molecule has 0 unspecified atom stereocenters. The third-order valence-corrected chi connectivity index (χ3v) is 3.88. The van der Waals surface area contributed by atoms with Crippen molar-refractivity contribution >= 4 is 17.7 Å². The number of carbonyl (C=O) groups is 1. The van der Waals surface area contributed by atoms with E-state index in [1.54, 1.807) is 0 Å². The lowest BCUT2D eigenvalue weighted by atomic mass is 9.93. The molecule has 0 aromatic carbocycles. The number of thioether (sulfide) groups is 1. The van der Waals surface area contributed by atoms with Crippen LogP contribution in [0.25, 0.3) is 0 Å². The van der Waals surface area contributed by atoms with E-state index in [1.807, 2.05) is 11.8 Å². The highest BCUT2D eigenvalue weighted by molar-refractivity contribution is 7.99. The zero-order chi connectivity index (χ0) is 9.80. The first-order chi connectivity index (χ1) is 6.88. The second kappa shape index (κ2) is 4.87. The van der Waals surface area contributed by atoms with E-state index in [0.29, 0.717) is 5.91 Å². The Labute approximate surface area is 89.7 Å². The van der Waals surface area contributed by atoms with Gasteiger partial charge in [-0.3, -0.25) is 4.79 Å². The predicted molar refractivity (Wildman–Crippen MR) is 60.4 cm³/mol. The first kappa shape index (κ1) is 10.1. The molecule has 14 heavy (non-hydrogen) atoms. The van der Waals surface area contributed by atoms with E-state index in [9.17, 15) is 4.79 Å². The molecule has 0 N–H and O–H groups in total. The molecule has 78 valence electrons. The monoisotopic (exact) mass is 211 g/mol. The Bertz CT molecular complexity index is 233. The average Bonchev–Trinajstić information content (AvgIpc) is 2.30. The summed E-state index contributed by atoms with van der Waals surface area (Å²) in [5.74, 6) is 2.92. The number of amides is 1. The van der Waals surface area contributed by atoms with Crippen molar-refractivity contribution in [2.24, 2.45) is 5.92 Å². The molecule has 1 fully saturated rings. The molecule has 0 radical (unpaired) electrons. The van der Waals surface area contributed by atoms with E-state index in [-0.39, 0.29) is 5.92 Å². The van der Waals surface area contributed by atoms with E-state index in [4.69, 9.17) is 0 Å². The fourth-order valence-electron chi connectivity index (χ4n) is 2.06. The van der Waals surface area contributed by atoms with Crippen LogP contribution in [-0.2, 0) is 4.79 Å². The quantitative estimate of drug-likeness (QED) is 0.618. The van der Waals surface area contributed by atoms with Crippen LogP contribution in [0.1, 0.15) is 19.3 Å². The Morgan fingerprint density at radius 2 is 2.07 bits per heavy atom. The summed E-state index contributed by atoms with van der Waals surface area (Å²) >= 11 is 1.95. The van der Waals surface area contributed by atoms with E-state index in [0.717, 1.165) is 43.9 Å². The van der Waals surface area contributed by atoms with Gasteiger partial charge in [0.25, 0.3) is 0 Å². The van der Waals surface area contributed by atoms with Gasteiger partial charge in [0.15, 0.2) is 0 Å². The van der Waals surface area contributed by atoms with Crippen LogP contribution in [-0.4, -0.2) is 35.4 Å². The molecule has 2 rings (SSSR count). The normalized spacial score (nSPS) is 27.7. The highest BCUT2D eigenvalue weighted by atomic mass is 32.2. The molecule has 0 aromatic rings. The molecular weight excluding hydrogens is 194 g/mol. The van der Waals surface area contributed by atoms with Gasteiger partial charge < -0.3 is 4.90 Å². The van der Waals surface area contributed by atoms with Crippen LogP contribution in [0.15, 0.2) is 12.2 Å². The maximum Gasteiger partial charge on any atom is 0.226 e. The van der Waals surface area contributed by atoms with Gasteiger partial charge in [0.05, 0.1) is 0 Å². The smallest absolute Gasteiger partial charge is 0.226 e. The van der Waals surface area contributed by atoms with Crippen molar-refractivity contribution in [3.05, 3.63) is 12.2 Å². The standard InChI is InChI=1S/C11H17NOS/c13-11(10-4-2-1-3-5-10)12-6-8-14-9-7-12/h1-2,10H,3-9H2/t10-/m0/s1. The fraction of sp³-hybridized carbons (Fsp3) is 0.727. The summed E-state index contributed by atoms with van der Waals surface area (Å²) in [4.78, 5) is 14.1. The summed E-state index contributed by atoms with van der Waals surface area (Å²) < 4.78 is 0. The molecule has 1 aliphatic carbocycles. The molecule has 2 aliphatic rings. The average molecular weight is 211 g/mol. The molecular formula is C11H17NOS. The molecule has 1 atom stereocenters. The first-order valence-corrected chi connectivity index (χ1v) is 6.55. The summed E-state index contributed by atoms with van der Waals surface area (Å²) in [6.45, 7) is 1.92. The van der Waals surface area contributed by atoms with Crippen LogP contribution in [0.5, 0.6) is 0 Å². The van der Waals surface area contributed by atoms with Gasteiger partial charge in [0.2, 0.25) is 5.91 Å². The summed E-state index contributed by atoms with van der Waals surface area (Å²) in [7, 11) is 0. The van der Waals surface area contributed by atoms with Crippen molar-refractivity contribution in [3.8, 4) is 0 Å². The van der Waals surface area contributed by atoms with Crippen molar-refractivity contribution < 1.29 is 4.79 Å². The summed E-state index contributed by atoms with van der Waals surface area (Å²) in [5, 5.41) is 0. The lowest BCUT2D eigenvalue weighted by Gasteiger charge is -2.30. The molecule has 1 aliphatic heterocycles. The van der Waals surface area contributed by atoms with Crippen LogP contribution >= 0.6 is 11.8 Å².